The van der Waals surface area contributed by atoms with E-state index in [9.17, 15) is 9.90 Å². The van der Waals surface area contributed by atoms with Gasteiger partial charge in [-0.05, 0) is 42.0 Å². The molecule has 0 atom stereocenters. The van der Waals surface area contributed by atoms with Crippen LogP contribution in [0.4, 0.5) is 0 Å². The second kappa shape index (κ2) is 6.04. The number of para-hydroxylation sites is 1. The molecule has 2 aromatic carbocycles. The fraction of sp³-hybridized carbons (Fsp3) is 0.0667. The molecule has 110 valence electrons. The zero-order chi connectivity index (χ0) is 15.4. The molecule has 0 aliphatic carbocycles. The number of amides is 1. The molecule has 0 bridgehead atoms. The van der Waals surface area contributed by atoms with Gasteiger partial charge in [-0.2, -0.15) is 5.10 Å². The van der Waals surface area contributed by atoms with Crippen LogP contribution in [0.15, 0.2) is 53.6 Å². The van der Waals surface area contributed by atoms with Crippen LogP contribution < -0.4 is 5.43 Å². The van der Waals surface area contributed by atoms with Crippen molar-refractivity contribution < 1.29 is 9.90 Å². The van der Waals surface area contributed by atoms with Gasteiger partial charge in [-0.25, -0.2) is 10.1 Å². The molecule has 0 fully saturated rings. The predicted molar refractivity (Wildman–Crippen MR) is 81.4 cm³/mol. The Morgan fingerprint density at radius 3 is 2.82 bits per heavy atom. The monoisotopic (exact) mass is 295 g/mol. The first-order valence-corrected chi connectivity index (χ1v) is 6.61. The summed E-state index contributed by atoms with van der Waals surface area (Å²) < 4.78 is 1.51. The molecule has 22 heavy (non-hydrogen) atoms. The molecule has 0 spiro atoms. The number of nitrogens with zero attached hydrogens (tertiary/aromatic N) is 4. The zero-order valence-corrected chi connectivity index (χ0v) is 11.5. The van der Waals surface area contributed by atoms with E-state index in [1.165, 1.54) is 10.9 Å². The van der Waals surface area contributed by atoms with Gasteiger partial charge in [-0.3, -0.25) is 4.79 Å². The second-order valence-electron chi connectivity index (χ2n) is 4.62. The number of phenols is 1. The normalized spacial score (nSPS) is 11.1. The van der Waals surface area contributed by atoms with Gasteiger partial charge >= 0.3 is 0 Å². The molecular formula is C15H13N5O2. The van der Waals surface area contributed by atoms with Crippen molar-refractivity contribution in [2.24, 2.45) is 5.10 Å². The average molecular weight is 295 g/mol. The molecule has 7 heteroatoms. The molecule has 2 N–H and O–H groups in total. The number of hydrogen-bond acceptors (Lipinski definition) is 5. The highest BCUT2D eigenvalue weighted by Crippen LogP contribution is 2.09. The Hall–Kier alpha value is -3.22. The Labute approximate surface area is 125 Å². The van der Waals surface area contributed by atoms with Crippen molar-refractivity contribution in [1.29, 1.82) is 0 Å². The van der Waals surface area contributed by atoms with Crippen molar-refractivity contribution in [3.05, 3.63) is 54.1 Å². The first-order valence-electron chi connectivity index (χ1n) is 6.61. The van der Waals surface area contributed by atoms with Crippen molar-refractivity contribution in [3.63, 3.8) is 0 Å². The van der Waals surface area contributed by atoms with Gasteiger partial charge in [0.2, 0.25) is 0 Å². The average Bonchev–Trinajstić information content (AvgIpc) is 2.93. The van der Waals surface area contributed by atoms with Crippen LogP contribution in [0.2, 0.25) is 0 Å². The summed E-state index contributed by atoms with van der Waals surface area (Å²) >= 11 is 0. The minimum Gasteiger partial charge on any atom is -0.508 e. The highest BCUT2D eigenvalue weighted by molar-refractivity contribution is 5.83. The first-order chi connectivity index (χ1) is 10.7. The van der Waals surface area contributed by atoms with Crippen LogP contribution in [-0.4, -0.2) is 32.2 Å². The molecule has 0 radical (unpaired) electrons. The molecule has 1 heterocycles. The molecule has 1 amide bonds. The van der Waals surface area contributed by atoms with Gasteiger partial charge < -0.3 is 5.11 Å². The van der Waals surface area contributed by atoms with Gasteiger partial charge in [-0.1, -0.05) is 17.3 Å². The van der Waals surface area contributed by atoms with E-state index in [2.05, 4.69) is 20.8 Å². The fourth-order valence-corrected chi connectivity index (χ4v) is 1.94. The largest absolute Gasteiger partial charge is 0.508 e. The highest BCUT2D eigenvalue weighted by atomic mass is 16.3. The lowest BCUT2D eigenvalue weighted by molar-refractivity contribution is -0.121. The number of aromatic hydroxyl groups is 1. The molecule has 7 nitrogen and oxygen atoms in total. The van der Waals surface area contributed by atoms with Crippen LogP contribution in [0, 0.1) is 0 Å². The number of fused-ring (bicyclic) bond motifs is 1. The van der Waals surface area contributed by atoms with E-state index in [0.29, 0.717) is 0 Å². The van der Waals surface area contributed by atoms with Crippen LogP contribution in [0.1, 0.15) is 5.56 Å². The molecule has 0 saturated carbocycles. The lowest BCUT2D eigenvalue weighted by atomic mass is 10.2. The summed E-state index contributed by atoms with van der Waals surface area (Å²) in [7, 11) is 0. The van der Waals surface area contributed by atoms with E-state index in [1.807, 2.05) is 24.3 Å². The van der Waals surface area contributed by atoms with E-state index in [4.69, 9.17) is 0 Å². The number of nitrogens with one attached hydrogen (secondary N) is 1. The maximum atomic E-state index is 11.8. The summed E-state index contributed by atoms with van der Waals surface area (Å²) in [5, 5.41) is 21.0. The first kappa shape index (κ1) is 13.7. The summed E-state index contributed by atoms with van der Waals surface area (Å²) in [6.07, 6.45) is 1.50. The summed E-state index contributed by atoms with van der Waals surface area (Å²) in [6.45, 7) is 0.0351. The number of carbonyl (C=O) groups is 1. The molecular weight excluding hydrogens is 282 g/mol. The third kappa shape index (κ3) is 3.09. The maximum absolute atomic E-state index is 11.8. The quantitative estimate of drug-likeness (QED) is 0.560. The van der Waals surface area contributed by atoms with Crippen LogP contribution in [0.25, 0.3) is 11.0 Å². The van der Waals surface area contributed by atoms with Gasteiger partial charge in [0.05, 0.1) is 11.7 Å². The van der Waals surface area contributed by atoms with Crippen LogP contribution in [-0.2, 0) is 11.3 Å². The number of rotatable bonds is 4. The van der Waals surface area contributed by atoms with Crippen LogP contribution in [0.3, 0.4) is 0 Å². The van der Waals surface area contributed by atoms with Crippen LogP contribution in [0.5, 0.6) is 5.75 Å². The van der Waals surface area contributed by atoms with E-state index in [0.717, 1.165) is 16.6 Å². The van der Waals surface area contributed by atoms with Crippen molar-refractivity contribution in [2.75, 3.05) is 0 Å². The molecule has 0 unspecified atom stereocenters. The summed E-state index contributed by atoms with van der Waals surface area (Å²) in [5.41, 5.74) is 4.73. The summed E-state index contributed by atoms with van der Waals surface area (Å²) in [5.74, 6) is -0.120. The number of phenolic OH excluding ortho intramolecular Hbond substituents is 1. The van der Waals surface area contributed by atoms with Crippen molar-refractivity contribution in [2.45, 2.75) is 6.54 Å². The third-order valence-electron chi connectivity index (χ3n) is 3.01. The minimum atomic E-state index is -0.300. The van der Waals surface area contributed by atoms with Crippen molar-refractivity contribution >= 4 is 23.2 Å². The number of hydrogen-bond donors (Lipinski definition) is 2. The van der Waals surface area contributed by atoms with E-state index < -0.39 is 0 Å². The predicted octanol–water partition coefficient (Wildman–Crippen LogP) is 1.29. The maximum Gasteiger partial charge on any atom is 0.261 e. The van der Waals surface area contributed by atoms with Gasteiger partial charge in [-0.15, -0.1) is 5.10 Å². The molecule has 0 aliphatic heterocycles. The lowest BCUT2D eigenvalue weighted by Crippen LogP contribution is -2.23. The molecule has 1 aromatic heterocycles. The summed E-state index contributed by atoms with van der Waals surface area (Å²) in [6, 6.07) is 13.9. The molecule has 0 saturated heterocycles. The third-order valence-corrected chi connectivity index (χ3v) is 3.01. The number of carbonyl (C=O) groups excluding carboxylic acids is 1. The fourth-order valence-electron chi connectivity index (χ4n) is 1.94. The Kier molecular flexibility index (Phi) is 3.78. The van der Waals surface area contributed by atoms with Gasteiger partial charge in [0, 0.05) is 0 Å². The van der Waals surface area contributed by atoms with Crippen molar-refractivity contribution in [1.82, 2.24) is 20.4 Å². The lowest BCUT2D eigenvalue weighted by Gasteiger charge is -2.01. The van der Waals surface area contributed by atoms with Gasteiger partial charge in [0.1, 0.15) is 17.8 Å². The van der Waals surface area contributed by atoms with E-state index in [-0.39, 0.29) is 18.2 Å². The smallest absolute Gasteiger partial charge is 0.261 e. The van der Waals surface area contributed by atoms with Gasteiger partial charge in [0.25, 0.3) is 5.91 Å². The van der Waals surface area contributed by atoms with E-state index >= 15 is 0 Å². The molecule has 3 rings (SSSR count). The van der Waals surface area contributed by atoms with Crippen molar-refractivity contribution in [3.8, 4) is 5.75 Å². The number of benzene rings is 2. The standard InChI is InChI=1S/C15H13N5O2/c21-12-7-5-11(6-8-12)9-16-18-15(22)10-20-14-4-2-1-3-13(14)17-19-20/h1-9,21H,10H2,(H,18,22)/b16-9-. The van der Waals surface area contributed by atoms with Crippen LogP contribution >= 0.6 is 0 Å². The SMILES string of the molecule is O=C(Cn1nnc2ccccc21)N/N=C\c1ccc(O)cc1. The highest BCUT2D eigenvalue weighted by Gasteiger charge is 2.07. The Morgan fingerprint density at radius 2 is 2.00 bits per heavy atom. The minimum absolute atomic E-state index is 0.0351. The number of aromatic nitrogens is 3. The Bertz CT molecular complexity index is 823. The summed E-state index contributed by atoms with van der Waals surface area (Å²) in [4.78, 5) is 11.8. The Morgan fingerprint density at radius 1 is 1.23 bits per heavy atom. The number of hydrazone groups is 1. The molecule has 0 aliphatic rings. The topological polar surface area (TPSA) is 92.4 Å². The molecule has 3 aromatic rings. The van der Waals surface area contributed by atoms with Gasteiger partial charge in [0.15, 0.2) is 0 Å². The second-order valence-corrected chi connectivity index (χ2v) is 4.62. The Balaban J connectivity index is 1.62. The zero-order valence-electron chi connectivity index (χ0n) is 11.5. The van der Waals surface area contributed by atoms with E-state index in [1.54, 1.807) is 24.3 Å².